The van der Waals surface area contributed by atoms with Gasteiger partial charge in [-0.2, -0.15) is 26.3 Å². The van der Waals surface area contributed by atoms with Crippen LogP contribution in [0.25, 0.3) is 0 Å². The minimum atomic E-state index is -5.08. The number of aliphatic carboxylic acids is 1. The molecule has 0 saturated heterocycles. The maximum atomic E-state index is 13.6. The van der Waals surface area contributed by atoms with E-state index in [2.05, 4.69) is 10.6 Å². The average molecular weight is 602 g/mol. The van der Waals surface area contributed by atoms with Crippen LogP contribution in [0.3, 0.4) is 0 Å². The summed E-state index contributed by atoms with van der Waals surface area (Å²) in [7, 11) is 0. The van der Waals surface area contributed by atoms with Crippen molar-refractivity contribution < 1.29 is 55.0 Å². The number of carbonyl (C=O) groups is 3. The number of hydrogen-bond acceptors (Lipinski definition) is 6. The van der Waals surface area contributed by atoms with Gasteiger partial charge in [0.05, 0.1) is 24.1 Å². The number of ether oxygens (including phenoxy) is 1. The standard InChI is InChI=1S/C24H23F3N4O4.C2HF3O2/c1-14(30-21(32)11-22(33)31-18-5-2-16(3-6-18)23(28)29)17-4-7-20(19(10-17)24(25,26)27)35-13-15-8-9-34-12-15;3-2(4,5)1(6)7/h2-10,12,14H,11,13H2,1H3,(H3,28,29)(H,30,32)(H,31,33);(H,6,7). The third kappa shape index (κ3) is 10.5. The molecule has 10 nitrogen and oxygen atoms in total. The molecule has 1 aromatic heterocycles. The highest BCUT2D eigenvalue weighted by Gasteiger charge is 2.38. The highest BCUT2D eigenvalue weighted by Crippen LogP contribution is 2.38. The topological polar surface area (TPSA) is 168 Å². The van der Waals surface area contributed by atoms with E-state index >= 15 is 0 Å². The van der Waals surface area contributed by atoms with Crippen molar-refractivity contribution in [3.05, 3.63) is 83.3 Å². The Morgan fingerprint density at radius 3 is 2.14 bits per heavy atom. The minimum absolute atomic E-state index is 0.0994. The van der Waals surface area contributed by atoms with Crippen molar-refractivity contribution in [1.29, 1.82) is 5.41 Å². The number of carboxylic acid groups (broad SMARTS) is 1. The highest BCUT2D eigenvalue weighted by atomic mass is 19.4. The molecule has 0 aliphatic rings. The van der Waals surface area contributed by atoms with Crippen LogP contribution in [-0.2, 0) is 27.2 Å². The van der Waals surface area contributed by atoms with E-state index in [-0.39, 0.29) is 23.8 Å². The molecule has 6 N–H and O–H groups in total. The van der Waals surface area contributed by atoms with Crippen LogP contribution in [-0.4, -0.2) is 34.9 Å². The van der Waals surface area contributed by atoms with Gasteiger partial charge in [0.15, 0.2) is 0 Å². The largest absolute Gasteiger partial charge is 0.490 e. The van der Waals surface area contributed by atoms with Gasteiger partial charge in [0.25, 0.3) is 0 Å². The number of benzene rings is 2. The van der Waals surface area contributed by atoms with Crippen molar-refractivity contribution in [1.82, 2.24) is 5.32 Å². The molecule has 2 aromatic carbocycles. The summed E-state index contributed by atoms with van der Waals surface area (Å²) in [6.45, 7) is 1.41. The molecule has 0 aliphatic carbocycles. The lowest BCUT2D eigenvalue weighted by molar-refractivity contribution is -0.192. The molecule has 2 amide bonds. The van der Waals surface area contributed by atoms with Gasteiger partial charge in [0.1, 0.15) is 24.6 Å². The van der Waals surface area contributed by atoms with Crippen LogP contribution in [0, 0.1) is 5.41 Å². The predicted molar refractivity (Wildman–Crippen MR) is 135 cm³/mol. The third-order valence-electron chi connectivity index (χ3n) is 5.20. The van der Waals surface area contributed by atoms with Gasteiger partial charge in [-0.15, -0.1) is 0 Å². The highest BCUT2D eigenvalue weighted by molar-refractivity contribution is 6.04. The van der Waals surface area contributed by atoms with E-state index in [1.54, 1.807) is 18.2 Å². The molecule has 3 rings (SSSR count). The average Bonchev–Trinajstić information content (AvgIpc) is 3.40. The Morgan fingerprint density at radius 2 is 1.64 bits per heavy atom. The van der Waals surface area contributed by atoms with Gasteiger partial charge < -0.3 is 30.6 Å². The third-order valence-corrected chi connectivity index (χ3v) is 5.20. The second-order valence-corrected chi connectivity index (χ2v) is 8.48. The van der Waals surface area contributed by atoms with Crippen LogP contribution in [0.4, 0.5) is 32.0 Å². The SMILES string of the molecule is CC(NC(=O)CC(=O)Nc1ccc(C(=N)N)cc1)c1ccc(OCc2ccoc2)c(C(F)(F)F)c1.O=C(O)C(F)(F)F. The zero-order chi connectivity index (χ0) is 31.7. The number of alkyl halides is 6. The number of amidine groups is 1. The summed E-state index contributed by atoms with van der Waals surface area (Å²) in [5, 5.41) is 19.5. The Kier molecular flexibility index (Phi) is 11.1. The van der Waals surface area contributed by atoms with E-state index in [1.165, 1.54) is 43.7 Å². The normalized spacial score (nSPS) is 11.9. The molecule has 3 aromatic rings. The van der Waals surface area contributed by atoms with Crippen molar-refractivity contribution in [3.63, 3.8) is 0 Å². The van der Waals surface area contributed by atoms with Crippen molar-refractivity contribution in [2.45, 2.75) is 38.3 Å². The summed E-state index contributed by atoms with van der Waals surface area (Å²) in [4.78, 5) is 33.3. The quantitative estimate of drug-likeness (QED) is 0.0994. The molecular formula is C26H24F6N4O6. The number of halogens is 6. The Labute approximate surface area is 234 Å². The Hall–Kier alpha value is -5.02. The molecular weight excluding hydrogens is 578 g/mol. The summed E-state index contributed by atoms with van der Waals surface area (Å²) < 4.78 is 82.8. The van der Waals surface area contributed by atoms with Crippen LogP contribution in [0.5, 0.6) is 5.75 Å². The number of carbonyl (C=O) groups excluding carboxylic acids is 2. The molecule has 16 heteroatoms. The van der Waals surface area contributed by atoms with Gasteiger partial charge in [0, 0.05) is 16.8 Å². The second-order valence-electron chi connectivity index (χ2n) is 8.48. The van der Waals surface area contributed by atoms with Crippen molar-refractivity contribution in [2.24, 2.45) is 5.73 Å². The van der Waals surface area contributed by atoms with Crippen LogP contribution in [0.15, 0.2) is 65.5 Å². The van der Waals surface area contributed by atoms with Crippen molar-refractivity contribution >= 4 is 29.3 Å². The number of nitrogens with two attached hydrogens (primary N) is 1. The van der Waals surface area contributed by atoms with Gasteiger partial charge in [-0.1, -0.05) is 6.07 Å². The van der Waals surface area contributed by atoms with E-state index in [1.807, 2.05) is 0 Å². The lowest BCUT2D eigenvalue weighted by Gasteiger charge is -2.19. The first kappa shape index (κ1) is 33.2. The summed E-state index contributed by atoms with van der Waals surface area (Å²) >= 11 is 0. The van der Waals surface area contributed by atoms with E-state index < -0.39 is 48.2 Å². The molecule has 1 atom stereocenters. The molecule has 1 heterocycles. The first-order chi connectivity index (χ1) is 19.5. The van der Waals surface area contributed by atoms with E-state index in [0.717, 1.165) is 6.07 Å². The van der Waals surface area contributed by atoms with Gasteiger partial charge in [-0.3, -0.25) is 15.0 Å². The van der Waals surface area contributed by atoms with Gasteiger partial charge >= 0.3 is 18.3 Å². The molecule has 226 valence electrons. The summed E-state index contributed by atoms with van der Waals surface area (Å²) in [6, 6.07) is 10.5. The molecule has 0 fully saturated rings. The predicted octanol–water partition coefficient (Wildman–Crippen LogP) is 5.00. The summed E-state index contributed by atoms with van der Waals surface area (Å²) in [5.41, 5.74) is 6.05. The van der Waals surface area contributed by atoms with E-state index in [0.29, 0.717) is 16.8 Å². The van der Waals surface area contributed by atoms with Crippen molar-refractivity contribution in [2.75, 3.05) is 5.32 Å². The monoisotopic (exact) mass is 602 g/mol. The van der Waals surface area contributed by atoms with Gasteiger partial charge in [-0.25, -0.2) is 4.79 Å². The first-order valence-corrected chi connectivity index (χ1v) is 11.7. The number of nitrogen functional groups attached to an aromatic ring is 1. The minimum Gasteiger partial charge on any atom is -0.488 e. The van der Waals surface area contributed by atoms with Gasteiger partial charge in [-0.05, 0) is 55.0 Å². The number of rotatable bonds is 9. The smallest absolute Gasteiger partial charge is 0.488 e. The van der Waals surface area contributed by atoms with Crippen LogP contribution in [0.1, 0.15) is 41.6 Å². The zero-order valence-corrected chi connectivity index (χ0v) is 21.6. The number of hydrogen-bond donors (Lipinski definition) is 5. The van der Waals surface area contributed by atoms with E-state index in [9.17, 15) is 35.9 Å². The van der Waals surface area contributed by atoms with Crippen LogP contribution < -0.4 is 21.1 Å². The second kappa shape index (κ2) is 14.0. The van der Waals surface area contributed by atoms with E-state index in [4.69, 9.17) is 30.2 Å². The summed E-state index contributed by atoms with van der Waals surface area (Å²) in [6.07, 6.45) is -7.53. The zero-order valence-electron chi connectivity index (χ0n) is 21.6. The Balaban J connectivity index is 0.000000782. The number of nitrogens with one attached hydrogen (secondary N) is 3. The summed E-state index contributed by atoms with van der Waals surface area (Å²) in [5.74, 6) is -4.50. The van der Waals surface area contributed by atoms with Gasteiger partial charge in [0.2, 0.25) is 11.8 Å². The Morgan fingerprint density at radius 1 is 1.02 bits per heavy atom. The molecule has 0 saturated carbocycles. The molecule has 0 radical (unpaired) electrons. The fourth-order valence-corrected chi connectivity index (χ4v) is 3.16. The number of carboxylic acids is 1. The molecule has 42 heavy (non-hydrogen) atoms. The first-order valence-electron chi connectivity index (χ1n) is 11.7. The molecule has 0 bridgehead atoms. The lowest BCUT2D eigenvalue weighted by atomic mass is 10.0. The lowest BCUT2D eigenvalue weighted by Crippen LogP contribution is -2.30. The maximum Gasteiger partial charge on any atom is 0.490 e. The van der Waals surface area contributed by atoms with Crippen LogP contribution in [0.2, 0.25) is 0 Å². The fraction of sp³-hybridized carbons (Fsp3) is 0.231. The number of anilines is 1. The van der Waals surface area contributed by atoms with Crippen LogP contribution >= 0.6 is 0 Å². The number of amides is 2. The maximum absolute atomic E-state index is 13.6. The Bertz CT molecular complexity index is 1390. The number of furan rings is 1. The molecule has 1 unspecified atom stereocenters. The fourth-order valence-electron chi connectivity index (χ4n) is 3.16. The molecule has 0 aliphatic heterocycles. The van der Waals surface area contributed by atoms with Crippen molar-refractivity contribution in [3.8, 4) is 5.75 Å². The molecule has 0 spiro atoms.